The molecule has 0 aromatic heterocycles. The minimum atomic E-state index is -0.985. The van der Waals surface area contributed by atoms with E-state index in [0.717, 1.165) is 0 Å². The van der Waals surface area contributed by atoms with E-state index in [1.807, 2.05) is 0 Å². The normalized spacial score (nSPS) is 19.8. The molecule has 20 heavy (non-hydrogen) atoms. The monoisotopic (exact) mass is 282 g/mol. The lowest BCUT2D eigenvalue weighted by Crippen LogP contribution is -2.18. The molecule has 0 saturated heterocycles. The zero-order valence-corrected chi connectivity index (χ0v) is 12.9. The van der Waals surface area contributed by atoms with Gasteiger partial charge in [-0.25, -0.2) is 0 Å². The molecule has 1 atom stereocenters. The van der Waals surface area contributed by atoms with Gasteiger partial charge in [0, 0.05) is 5.25 Å². The first kappa shape index (κ1) is 13.5. The van der Waals surface area contributed by atoms with Crippen molar-refractivity contribution < 1.29 is 0 Å². The largest absolute Gasteiger partial charge is 0.184 e. The first-order valence-corrected chi connectivity index (χ1v) is 9.46. The maximum atomic E-state index is 2.48. The van der Waals surface area contributed by atoms with Gasteiger partial charge in [0.2, 0.25) is 0 Å². The van der Waals surface area contributed by atoms with Gasteiger partial charge < -0.3 is 0 Å². The highest BCUT2D eigenvalue weighted by Crippen LogP contribution is 2.64. The Kier molecular flexibility index (Phi) is 3.98. The van der Waals surface area contributed by atoms with Gasteiger partial charge in [-0.05, 0) is 59.6 Å². The molecule has 0 heterocycles. The Morgan fingerprint density at radius 1 is 0.850 bits per heavy atom. The summed E-state index contributed by atoms with van der Waals surface area (Å²) < 4.78 is 0. The van der Waals surface area contributed by atoms with Crippen LogP contribution in [0.25, 0.3) is 0 Å². The molecule has 2 aromatic carbocycles. The summed E-state index contributed by atoms with van der Waals surface area (Å²) in [5.74, 6) is 0. The fourth-order valence-electron chi connectivity index (χ4n) is 3.07. The zero-order chi connectivity index (χ0) is 13.8. The molecule has 0 saturated carbocycles. The van der Waals surface area contributed by atoms with E-state index >= 15 is 0 Å². The Hall–Kier alpha value is -1.47. The van der Waals surface area contributed by atoms with Crippen molar-refractivity contribution in [3.63, 3.8) is 0 Å². The van der Waals surface area contributed by atoms with Gasteiger partial charge in [-0.15, -0.1) is 0 Å². The molecule has 104 valence electrons. The maximum Gasteiger partial charge on any atom is 0.0143 e. The smallest absolute Gasteiger partial charge is 0.0143 e. The number of hydrogen-bond donors (Lipinski definition) is 0. The van der Waals surface area contributed by atoms with Crippen molar-refractivity contribution in [2.75, 3.05) is 6.26 Å². The average molecular weight is 282 g/mol. The molecule has 1 unspecified atom stereocenters. The van der Waals surface area contributed by atoms with Crippen LogP contribution in [-0.2, 0) is 0 Å². The lowest BCUT2D eigenvalue weighted by Gasteiger charge is -2.44. The molecule has 0 amide bonds. The molecule has 0 N–H and O–H groups in total. The second-order valence-corrected chi connectivity index (χ2v) is 9.02. The van der Waals surface area contributed by atoms with Crippen molar-refractivity contribution in [3.05, 3.63) is 72.8 Å². The fourth-order valence-corrected chi connectivity index (χ4v) is 6.55. The van der Waals surface area contributed by atoms with Gasteiger partial charge in [-0.3, -0.25) is 0 Å². The molecule has 1 heteroatoms. The van der Waals surface area contributed by atoms with Crippen LogP contribution in [0.4, 0.5) is 0 Å². The van der Waals surface area contributed by atoms with E-state index < -0.39 is 10.0 Å². The Balaban J connectivity index is 2.12. The van der Waals surface area contributed by atoms with E-state index in [1.54, 1.807) is 0 Å². The molecule has 3 rings (SSSR count). The molecule has 1 aliphatic carbocycles. The van der Waals surface area contributed by atoms with Gasteiger partial charge in [-0.2, -0.15) is 10.0 Å². The van der Waals surface area contributed by atoms with E-state index in [1.165, 1.54) is 29.1 Å². The summed E-state index contributed by atoms with van der Waals surface area (Å²) in [6.07, 6.45) is 11.2. The van der Waals surface area contributed by atoms with E-state index in [4.69, 9.17) is 0 Å². The van der Waals surface area contributed by atoms with Crippen molar-refractivity contribution in [2.24, 2.45) is 0 Å². The first-order chi connectivity index (χ1) is 9.82. The first-order valence-electron chi connectivity index (χ1n) is 7.36. The van der Waals surface area contributed by atoms with Crippen LogP contribution in [0.15, 0.2) is 82.6 Å². The molecule has 1 aliphatic rings. The third-order valence-corrected chi connectivity index (χ3v) is 8.39. The van der Waals surface area contributed by atoms with Crippen molar-refractivity contribution in [1.82, 2.24) is 0 Å². The summed E-state index contributed by atoms with van der Waals surface area (Å²) in [6, 6.07) is 22.2. The topological polar surface area (TPSA) is 0 Å². The minimum absolute atomic E-state index is 0.668. The maximum absolute atomic E-state index is 2.48. The number of hydrogen-bond acceptors (Lipinski definition) is 0. The summed E-state index contributed by atoms with van der Waals surface area (Å²) in [7, 11) is -0.985. The summed E-state index contributed by atoms with van der Waals surface area (Å²) in [4.78, 5) is 3.01. The highest BCUT2D eigenvalue weighted by Gasteiger charge is 2.31. The van der Waals surface area contributed by atoms with Gasteiger partial charge >= 0.3 is 0 Å². The molecule has 0 spiro atoms. The van der Waals surface area contributed by atoms with E-state index in [-0.39, 0.29) is 0 Å². The van der Waals surface area contributed by atoms with Crippen molar-refractivity contribution >= 4 is 10.0 Å². The number of rotatable bonds is 3. The third kappa shape index (κ3) is 2.43. The quantitative estimate of drug-likeness (QED) is 0.638. The standard InChI is InChI=1S/C19H22S/c1-20(17-11-5-2-6-12-17,18-13-7-3-8-14-18)19-15-9-4-10-16-19/h2-3,5-9,11-15,19H,4,10,16H2,1H3. The molecule has 0 fully saturated rings. The Morgan fingerprint density at radius 2 is 1.40 bits per heavy atom. The SMILES string of the molecule is CS(c1ccccc1)(c1ccccc1)C1C=CCCC1. The third-order valence-electron chi connectivity index (χ3n) is 4.28. The summed E-state index contributed by atoms with van der Waals surface area (Å²) >= 11 is 0. The summed E-state index contributed by atoms with van der Waals surface area (Å²) in [5.41, 5.74) is 0. The molecule has 0 nitrogen and oxygen atoms in total. The van der Waals surface area contributed by atoms with Gasteiger partial charge in [0.1, 0.15) is 0 Å². The predicted octanol–water partition coefficient (Wildman–Crippen LogP) is 5.65. The van der Waals surface area contributed by atoms with Crippen LogP contribution >= 0.6 is 10.0 Å². The second-order valence-electron chi connectivity index (χ2n) is 5.51. The van der Waals surface area contributed by atoms with Gasteiger partial charge in [0.25, 0.3) is 0 Å². The van der Waals surface area contributed by atoms with Crippen LogP contribution in [0, 0.1) is 0 Å². The average Bonchev–Trinajstić information content (AvgIpc) is 2.56. The van der Waals surface area contributed by atoms with Crippen molar-refractivity contribution in [1.29, 1.82) is 0 Å². The highest BCUT2D eigenvalue weighted by atomic mass is 32.3. The van der Waals surface area contributed by atoms with Gasteiger partial charge in [0.05, 0.1) is 0 Å². The Morgan fingerprint density at radius 3 is 1.85 bits per heavy atom. The van der Waals surface area contributed by atoms with Crippen LogP contribution in [0.1, 0.15) is 19.3 Å². The van der Waals surface area contributed by atoms with Crippen LogP contribution in [0.2, 0.25) is 0 Å². The molecule has 0 bridgehead atoms. The van der Waals surface area contributed by atoms with Crippen LogP contribution in [-0.4, -0.2) is 11.5 Å². The van der Waals surface area contributed by atoms with Crippen LogP contribution < -0.4 is 0 Å². The fraction of sp³-hybridized carbons (Fsp3) is 0.263. The molecule has 0 aliphatic heterocycles. The lowest BCUT2D eigenvalue weighted by molar-refractivity contribution is 0.734. The number of benzene rings is 2. The molecule has 0 radical (unpaired) electrons. The summed E-state index contributed by atoms with van der Waals surface area (Å²) in [6.45, 7) is 0. The van der Waals surface area contributed by atoms with Crippen LogP contribution in [0.3, 0.4) is 0 Å². The van der Waals surface area contributed by atoms with E-state index in [0.29, 0.717) is 5.25 Å². The summed E-state index contributed by atoms with van der Waals surface area (Å²) in [5, 5.41) is 0.668. The predicted molar refractivity (Wildman–Crippen MR) is 89.7 cm³/mol. The second kappa shape index (κ2) is 5.88. The number of allylic oxidation sites excluding steroid dienone is 1. The highest BCUT2D eigenvalue weighted by molar-refractivity contribution is 8.33. The molecular formula is C19H22S. The van der Waals surface area contributed by atoms with Gasteiger partial charge in [-0.1, -0.05) is 48.6 Å². The van der Waals surface area contributed by atoms with Gasteiger partial charge in [0.15, 0.2) is 0 Å². The van der Waals surface area contributed by atoms with E-state index in [2.05, 4.69) is 79.1 Å². The minimum Gasteiger partial charge on any atom is -0.184 e. The Labute approximate surface area is 123 Å². The molecule has 2 aromatic rings. The molecular weight excluding hydrogens is 260 g/mol. The Bertz CT molecular complexity index is 532. The zero-order valence-electron chi connectivity index (χ0n) is 12.0. The van der Waals surface area contributed by atoms with Crippen molar-refractivity contribution in [3.8, 4) is 0 Å². The van der Waals surface area contributed by atoms with E-state index in [9.17, 15) is 0 Å². The van der Waals surface area contributed by atoms with Crippen molar-refractivity contribution in [2.45, 2.75) is 34.3 Å². The lowest BCUT2D eigenvalue weighted by atomic mass is 10.1. The van der Waals surface area contributed by atoms with Crippen LogP contribution in [0.5, 0.6) is 0 Å².